The fraction of sp³-hybridized carbons (Fsp3) is 0.565. The van der Waals surface area contributed by atoms with Crippen LogP contribution in [-0.4, -0.2) is 91.5 Å². The van der Waals surface area contributed by atoms with Gasteiger partial charge in [0, 0.05) is 36.6 Å². The Morgan fingerprint density at radius 2 is 1.45 bits per heavy atom. The molecule has 10 N–H and O–H groups in total. The number of carbonyl (C=O) groups is 4. The summed E-state index contributed by atoms with van der Waals surface area (Å²) in [7, 11) is 0. The topological polar surface area (TPSA) is 234 Å². The molecule has 0 saturated carbocycles. The van der Waals surface area contributed by atoms with Gasteiger partial charge in [-0.05, 0) is 44.2 Å². The van der Waals surface area contributed by atoms with Crippen molar-refractivity contribution in [2.45, 2.75) is 62.7 Å². The van der Waals surface area contributed by atoms with Crippen molar-refractivity contribution >= 4 is 35.5 Å². The SMILES string of the molecule is CSCCC(N)C(=O)NC(CCCCN)C(=O)NC(Cc1cnc[nH]1)C(=O)NC(Cc1cnc[nH]1)C(=O)O. The van der Waals surface area contributed by atoms with Crippen molar-refractivity contribution in [2.24, 2.45) is 11.5 Å². The Morgan fingerprint density at radius 1 is 0.895 bits per heavy atom. The Bertz CT molecular complexity index is 1000. The number of hydrogen-bond donors (Lipinski definition) is 8. The predicted molar refractivity (Wildman–Crippen MR) is 142 cm³/mol. The Morgan fingerprint density at radius 3 is 1.97 bits per heavy atom. The summed E-state index contributed by atoms with van der Waals surface area (Å²) in [6.07, 6.45) is 9.63. The first-order valence-electron chi connectivity index (χ1n) is 12.3. The fourth-order valence-electron chi connectivity index (χ4n) is 3.60. The van der Waals surface area contributed by atoms with E-state index in [9.17, 15) is 24.3 Å². The van der Waals surface area contributed by atoms with Gasteiger partial charge in [0.2, 0.25) is 17.7 Å². The van der Waals surface area contributed by atoms with Crippen molar-refractivity contribution < 1.29 is 24.3 Å². The van der Waals surface area contributed by atoms with Crippen LogP contribution in [0.15, 0.2) is 25.0 Å². The number of nitrogens with zero attached hydrogens (tertiary/aromatic N) is 2. The normalized spacial score (nSPS) is 14.2. The summed E-state index contributed by atoms with van der Waals surface area (Å²) in [4.78, 5) is 64.4. The summed E-state index contributed by atoms with van der Waals surface area (Å²) in [5.41, 5.74) is 12.6. The van der Waals surface area contributed by atoms with Crippen molar-refractivity contribution in [1.29, 1.82) is 0 Å². The van der Waals surface area contributed by atoms with Gasteiger partial charge in [-0.1, -0.05) is 0 Å². The minimum Gasteiger partial charge on any atom is -0.480 e. The highest BCUT2D eigenvalue weighted by Crippen LogP contribution is 2.07. The third-order valence-electron chi connectivity index (χ3n) is 5.75. The van der Waals surface area contributed by atoms with Crippen molar-refractivity contribution in [3.63, 3.8) is 0 Å². The second kappa shape index (κ2) is 16.4. The predicted octanol–water partition coefficient (Wildman–Crippen LogP) is -1.33. The number of nitrogens with one attached hydrogen (secondary N) is 5. The first-order valence-corrected chi connectivity index (χ1v) is 13.7. The molecule has 4 atom stereocenters. The highest BCUT2D eigenvalue weighted by molar-refractivity contribution is 7.98. The monoisotopic (exact) mass is 551 g/mol. The number of carboxylic acids is 1. The maximum Gasteiger partial charge on any atom is 0.326 e. The average Bonchev–Trinajstić information content (AvgIpc) is 3.60. The van der Waals surface area contributed by atoms with Gasteiger partial charge in [-0.15, -0.1) is 0 Å². The Balaban J connectivity index is 2.16. The number of aromatic amines is 2. The van der Waals surface area contributed by atoms with Gasteiger partial charge in [-0.3, -0.25) is 14.4 Å². The lowest BCUT2D eigenvalue weighted by Crippen LogP contribution is -2.57. The van der Waals surface area contributed by atoms with Crippen LogP contribution < -0.4 is 27.4 Å². The van der Waals surface area contributed by atoms with Gasteiger partial charge in [-0.25, -0.2) is 14.8 Å². The van der Waals surface area contributed by atoms with Gasteiger partial charge >= 0.3 is 5.97 Å². The summed E-state index contributed by atoms with van der Waals surface area (Å²) in [5, 5.41) is 17.5. The second-order valence-corrected chi connectivity index (χ2v) is 9.74. The van der Waals surface area contributed by atoms with Crippen LogP contribution in [0.3, 0.4) is 0 Å². The highest BCUT2D eigenvalue weighted by atomic mass is 32.2. The van der Waals surface area contributed by atoms with E-state index in [-0.39, 0.29) is 12.8 Å². The van der Waals surface area contributed by atoms with E-state index in [2.05, 4.69) is 35.9 Å². The molecule has 38 heavy (non-hydrogen) atoms. The minimum absolute atomic E-state index is 0.0185. The molecule has 2 aromatic rings. The van der Waals surface area contributed by atoms with Crippen LogP contribution in [0.1, 0.15) is 37.1 Å². The molecule has 0 radical (unpaired) electrons. The molecule has 0 aromatic carbocycles. The highest BCUT2D eigenvalue weighted by Gasteiger charge is 2.31. The number of carboxylic acid groups (broad SMARTS) is 1. The Hall–Kier alpha value is -3.43. The second-order valence-electron chi connectivity index (χ2n) is 8.76. The van der Waals surface area contributed by atoms with E-state index in [0.29, 0.717) is 49.4 Å². The molecule has 2 heterocycles. The zero-order valence-corrected chi connectivity index (χ0v) is 22.1. The van der Waals surface area contributed by atoms with Gasteiger partial charge in [-0.2, -0.15) is 11.8 Å². The quantitative estimate of drug-likeness (QED) is 0.102. The standard InChI is InChI=1S/C23H37N9O5S/c1-38-7-5-16(25)20(33)30-17(4-2-3-6-24)21(34)31-18(8-14-10-26-12-28-14)22(35)32-19(23(36)37)9-15-11-27-13-29-15/h10-13,16-19H,2-9,24-25H2,1H3,(H,26,28)(H,27,29)(H,30,33)(H,31,34)(H,32,35)(H,36,37). The molecule has 210 valence electrons. The van der Waals surface area contributed by atoms with Crippen molar-refractivity contribution in [1.82, 2.24) is 35.9 Å². The number of unbranched alkanes of at least 4 members (excludes halogenated alkanes) is 1. The zero-order chi connectivity index (χ0) is 27.9. The molecule has 2 aromatic heterocycles. The summed E-state index contributed by atoms with van der Waals surface area (Å²) >= 11 is 1.56. The molecule has 2 rings (SSSR count). The molecule has 0 aliphatic rings. The summed E-state index contributed by atoms with van der Waals surface area (Å²) in [6.45, 7) is 0.424. The van der Waals surface area contributed by atoms with Crippen LogP contribution in [-0.2, 0) is 32.0 Å². The van der Waals surface area contributed by atoms with E-state index >= 15 is 0 Å². The zero-order valence-electron chi connectivity index (χ0n) is 21.3. The maximum atomic E-state index is 13.3. The van der Waals surface area contributed by atoms with Crippen LogP contribution in [0.2, 0.25) is 0 Å². The first kappa shape index (κ1) is 30.8. The molecule has 4 unspecified atom stereocenters. The lowest BCUT2D eigenvalue weighted by molar-refractivity contribution is -0.142. The van der Waals surface area contributed by atoms with Crippen LogP contribution >= 0.6 is 11.8 Å². The molecular weight excluding hydrogens is 514 g/mol. The number of H-pyrrole nitrogens is 2. The lowest BCUT2D eigenvalue weighted by Gasteiger charge is -2.25. The number of aliphatic carboxylic acids is 1. The van der Waals surface area contributed by atoms with E-state index in [1.165, 1.54) is 25.0 Å². The Kier molecular flexibility index (Phi) is 13.3. The molecule has 0 fully saturated rings. The molecule has 14 nitrogen and oxygen atoms in total. The van der Waals surface area contributed by atoms with E-state index < -0.39 is 47.9 Å². The molecular formula is C23H37N9O5S. The number of aromatic nitrogens is 4. The van der Waals surface area contributed by atoms with E-state index in [1.54, 1.807) is 11.8 Å². The van der Waals surface area contributed by atoms with Gasteiger partial charge < -0.3 is 42.5 Å². The van der Waals surface area contributed by atoms with E-state index in [0.717, 1.165) is 0 Å². The molecule has 0 saturated heterocycles. The molecule has 0 spiro atoms. The molecule has 0 aliphatic heterocycles. The Labute approximate surface area is 224 Å². The fourth-order valence-corrected chi connectivity index (χ4v) is 4.09. The molecule has 0 bridgehead atoms. The molecule has 0 aliphatic carbocycles. The summed E-state index contributed by atoms with van der Waals surface area (Å²) in [6, 6.07) is -4.15. The number of imidazole rings is 2. The van der Waals surface area contributed by atoms with Gasteiger partial charge in [0.25, 0.3) is 0 Å². The average molecular weight is 552 g/mol. The van der Waals surface area contributed by atoms with Crippen LogP contribution in [0.4, 0.5) is 0 Å². The van der Waals surface area contributed by atoms with Gasteiger partial charge in [0.15, 0.2) is 0 Å². The van der Waals surface area contributed by atoms with Crippen LogP contribution in [0.25, 0.3) is 0 Å². The first-order chi connectivity index (χ1) is 18.2. The summed E-state index contributed by atoms with van der Waals surface area (Å²) < 4.78 is 0. The number of carbonyl (C=O) groups excluding carboxylic acids is 3. The maximum absolute atomic E-state index is 13.3. The van der Waals surface area contributed by atoms with Gasteiger partial charge in [0.05, 0.1) is 18.7 Å². The number of thioether (sulfide) groups is 1. The van der Waals surface area contributed by atoms with Crippen LogP contribution in [0.5, 0.6) is 0 Å². The molecule has 15 heteroatoms. The number of amides is 3. The molecule has 3 amide bonds. The number of nitrogens with two attached hydrogens (primary N) is 2. The summed E-state index contributed by atoms with van der Waals surface area (Å²) in [5.74, 6) is -2.32. The number of rotatable bonds is 18. The third-order valence-corrected chi connectivity index (χ3v) is 6.40. The number of hydrogen-bond acceptors (Lipinski definition) is 9. The minimum atomic E-state index is -1.27. The van der Waals surface area contributed by atoms with Gasteiger partial charge in [0.1, 0.15) is 18.1 Å². The smallest absolute Gasteiger partial charge is 0.326 e. The van der Waals surface area contributed by atoms with E-state index in [1.807, 2.05) is 6.26 Å². The van der Waals surface area contributed by atoms with E-state index in [4.69, 9.17) is 11.5 Å². The third kappa shape index (κ3) is 10.5. The van der Waals surface area contributed by atoms with Crippen LogP contribution in [0, 0.1) is 0 Å². The van der Waals surface area contributed by atoms with Crippen molar-refractivity contribution in [3.05, 3.63) is 36.4 Å². The van der Waals surface area contributed by atoms with Crippen molar-refractivity contribution in [2.75, 3.05) is 18.6 Å². The van der Waals surface area contributed by atoms with Crippen molar-refractivity contribution in [3.8, 4) is 0 Å². The largest absolute Gasteiger partial charge is 0.480 e. The lowest BCUT2D eigenvalue weighted by atomic mass is 10.0.